The van der Waals surface area contributed by atoms with Crippen molar-refractivity contribution in [3.63, 3.8) is 0 Å². The lowest BCUT2D eigenvalue weighted by atomic mass is 9.84. The molecule has 202 valence electrons. The molecule has 38 heavy (non-hydrogen) atoms. The summed E-state index contributed by atoms with van der Waals surface area (Å²) >= 11 is 3.03. The lowest BCUT2D eigenvalue weighted by Gasteiger charge is -2.38. The minimum absolute atomic E-state index is 0.0248. The Kier molecular flexibility index (Phi) is 9.09. The molecule has 1 atom stereocenters. The summed E-state index contributed by atoms with van der Waals surface area (Å²) in [6, 6.07) is 19.5. The summed E-state index contributed by atoms with van der Waals surface area (Å²) in [5.41, 5.74) is -5.16. The molecule has 0 heterocycles. The monoisotopic (exact) mass is 606 g/mol. The fourth-order valence-electron chi connectivity index (χ4n) is 3.81. The van der Waals surface area contributed by atoms with Gasteiger partial charge in [0.05, 0.1) is 11.3 Å². The van der Waals surface area contributed by atoms with Crippen LogP contribution < -0.4 is 9.79 Å². The fourth-order valence-corrected chi connectivity index (χ4v) is 5.20. The van der Waals surface area contributed by atoms with Crippen molar-refractivity contribution in [1.29, 1.82) is 0 Å². The van der Waals surface area contributed by atoms with Crippen LogP contribution in [0, 0.1) is 5.41 Å². The van der Waals surface area contributed by atoms with E-state index in [1.165, 1.54) is 6.07 Å². The first-order valence-electron chi connectivity index (χ1n) is 11.7. The average molecular weight is 607 g/mol. The predicted octanol–water partition coefficient (Wildman–Crippen LogP) is 5.71. The molecule has 0 radical (unpaired) electrons. The molecule has 10 heteroatoms. The van der Waals surface area contributed by atoms with Gasteiger partial charge < -0.3 is 19.1 Å². The van der Waals surface area contributed by atoms with Gasteiger partial charge in [-0.3, -0.25) is 9.59 Å². The van der Waals surface area contributed by atoms with Crippen LogP contribution in [0.1, 0.15) is 59.3 Å². The van der Waals surface area contributed by atoms with Gasteiger partial charge in [-0.15, -0.1) is 0 Å². The van der Waals surface area contributed by atoms with Gasteiger partial charge in [0.2, 0.25) is 0 Å². The van der Waals surface area contributed by atoms with Crippen molar-refractivity contribution in [3.05, 3.63) is 105 Å². The van der Waals surface area contributed by atoms with Crippen LogP contribution in [0.5, 0.6) is 0 Å². The van der Waals surface area contributed by atoms with E-state index in [-0.39, 0.29) is 22.2 Å². The van der Waals surface area contributed by atoms with Gasteiger partial charge in [-0.2, -0.15) is 8.78 Å². The van der Waals surface area contributed by atoms with Crippen LogP contribution in [0.25, 0.3) is 0 Å². The molecule has 0 fully saturated rings. The second-order valence-electron chi connectivity index (χ2n) is 9.83. The quantitative estimate of drug-likeness (QED) is 0.175. The Bertz CT molecular complexity index is 1350. The highest BCUT2D eigenvalue weighted by Gasteiger charge is 2.39. The maximum atomic E-state index is 14.6. The molecule has 1 unspecified atom stereocenters. The average Bonchev–Trinajstić information content (AvgIpc) is 2.85. The van der Waals surface area contributed by atoms with E-state index in [1.807, 2.05) is 0 Å². The van der Waals surface area contributed by atoms with E-state index in [0.717, 1.165) is 6.07 Å². The first kappa shape index (κ1) is 29.8. The van der Waals surface area contributed by atoms with E-state index in [4.69, 9.17) is 4.74 Å². The van der Waals surface area contributed by atoms with Gasteiger partial charge in [-0.25, -0.2) is 0 Å². The first-order chi connectivity index (χ1) is 17.6. The zero-order chi connectivity index (χ0) is 28.3. The van der Waals surface area contributed by atoms with Crippen molar-refractivity contribution in [2.75, 3.05) is 0 Å². The molecule has 3 rings (SSSR count). The van der Waals surface area contributed by atoms with Crippen LogP contribution in [-0.2, 0) is 32.8 Å². The highest BCUT2D eigenvalue weighted by molar-refractivity contribution is 9.10. The van der Waals surface area contributed by atoms with Crippen LogP contribution >= 0.6 is 23.5 Å². The predicted molar refractivity (Wildman–Crippen MR) is 139 cm³/mol. The summed E-state index contributed by atoms with van der Waals surface area (Å²) in [6.07, 6.45) is 0.0248. The molecular weight excluding hydrogens is 581 g/mol. The summed E-state index contributed by atoms with van der Waals surface area (Å²) in [7, 11) is -6.37. The van der Waals surface area contributed by atoms with E-state index in [2.05, 4.69) is 15.9 Å². The van der Waals surface area contributed by atoms with Gasteiger partial charge in [0, 0.05) is 28.8 Å². The van der Waals surface area contributed by atoms with Gasteiger partial charge >= 0.3 is 5.97 Å². The van der Waals surface area contributed by atoms with Gasteiger partial charge in [-0.1, -0.05) is 72.8 Å². The van der Waals surface area contributed by atoms with Crippen molar-refractivity contribution in [2.24, 2.45) is 5.41 Å². The molecule has 0 aliphatic heterocycles. The molecule has 0 saturated carbocycles. The lowest BCUT2D eigenvalue weighted by Crippen LogP contribution is -2.30. The molecule has 0 amide bonds. The largest absolute Gasteiger partial charge is 0.806 e. The molecule has 0 bridgehead atoms. The van der Waals surface area contributed by atoms with Crippen LogP contribution in [0.15, 0.2) is 77.3 Å². The number of hydrogen-bond acceptors (Lipinski definition) is 6. The summed E-state index contributed by atoms with van der Waals surface area (Å²) in [5.74, 6) is -1.58. The zero-order valence-corrected chi connectivity index (χ0v) is 23.4. The Morgan fingerprint density at radius 2 is 1.50 bits per heavy atom. The Morgan fingerprint density at radius 3 is 2.03 bits per heavy atom. The van der Waals surface area contributed by atoms with Crippen LogP contribution in [0.4, 0.5) is 8.78 Å². The fraction of sp³-hybridized carbons (Fsp3) is 0.286. The topological polar surface area (TPSA) is 107 Å². The van der Waals surface area contributed by atoms with E-state index in [1.54, 1.807) is 81.4 Å². The number of halogens is 3. The van der Waals surface area contributed by atoms with Crippen LogP contribution in [-0.4, -0.2) is 11.8 Å². The number of benzene rings is 3. The van der Waals surface area contributed by atoms with Gasteiger partial charge in [0.15, 0.2) is 5.78 Å². The summed E-state index contributed by atoms with van der Waals surface area (Å²) in [5, 5.41) is 0. The van der Waals surface area contributed by atoms with Gasteiger partial charge in [0.1, 0.15) is 6.61 Å². The number of esters is 1. The molecule has 0 spiro atoms. The number of carbonyl (C=O) groups excluding carboxylic acids is 2. The molecule has 0 aliphatic carbocycles. The Labute approximate surface area is 228 Å². The van der Waals surface area contributed by atoms with Crippen LogP contribution in [0.3, 0.4) is 0 Å². The third-order valence-corrected chi connectivity index (χ3v) is 7.80. The minimum Gasteiger partial charge on any atom is -0.806 e. The molecule has 0 saturated heterocycles. The van der Waals surface area contributed by atoms with E-state index in [0.29, 0.717) is 16.7 Å². The zero-order valence-electron chi connectivity index (χ0n) is 21.0. The highest BCUT2D eigenvalue weighted by atomic mass is 79.9. The summed E-state index contributed by atoms with van der Waals surface area (Å²) < 4.78 is 45.6. The standard InChI is InChI=1S/C28H28BrF2O6P/c1-27(2,3)26(33)37-17-22-20(14-15-23(24(22)29)28(30,31)38(34,35)36)16-21(18-10-6-4-7-11-18)25(32)19-12-8-5-9-13-19/h4-15,21H,16-17H2,1-3H3,(H2,34,35,36)/p-2. The van der Waals surface area contributed by atoms with E-state index in [9.17, 15) is 32.7 Å². The smallest absolute Gasteiger partial charge is 0.311 e. The first-order valence-corrected chi connectivity index (χ1v) is 14.0. The maximum Gasteiger partial charge on any atom is 0.311 e. The van der Waals surface area contributed by atoms with E-state index < -0.39 is 42.7 Å². The maximum absolute atomic E-state index is 14.6. The highest BCUT2D eigenvalue weighted by Crippen LogP contribution is 2.55. The number of rotatable bonds is 9. The molecule has 0 N–H and O–H groups in total. The molecule has 0 aromatic heterocycles. The number of hydrogen-bond donors (Lipinski definition) is 0. The Balaban J connectivity index is 2.14. The number of carbonyl (C=O) groups is 2. The Morgan fingerprint density at radius 1 is 0.947 bits per heavy atom. The summed E-state index contributed by atoms with van der Waals surface area (Å²) in [4.78, 5) is 48.8. The molecule has 6 nitrogen and oxygen atoms in total. The SMILES string of the molecule is CC(C)(C)C(=O)OCc1c(CC(C(=O)c2ccccc2)c2ccccc2)ccc(C(F)(F)P(=O)([O-])[O-])c1Br. The summed E-state index contributed by atoms with van der Waals surface area (Å²) in [6.45, 7) is 4.36. The van der Waals surface area contributed by atoms with Crippen molar-refractivity contribution in [2.45, 2.75) is 45.4 Å². The Hall–Kier alpha value is -2.71. The van der Waals surface area contributed by atoms with Crippen molar-refractivity contribution < 1.29 is 37.5 Å². The molecule has 3 aromatic carbocycles. The van der Waals surface area contributed by atoms with Crippen molar-refractivity contribution >= 4 is 35.3 Å². The second kappa shape index (κ2) is 11.6. The molecular formula is C28H26BrF2O6P-2. The van der Waals surface area contributed by atoms with Crippen molar-refractivity contribution in [3.8, 4) is 0 Å². The number of alkyl halides is 2. The minimum atomic E-state index is -6.37. The number of Topliss-reactive ketones (excluding diaryl/α,β-unsaturated/α-hetero) is 1. The molecule has 0 aliphatic rings. The van der Waals surface area contributed by atoms with Crippen molar-refractivity contribution in [1.82, 2.24) is 0 Å². The lowest BCUT2D eigenvalue weighted by molar-refractivity contribution is -0.335. The second-order valence-corrected chi connectivity index (χ2v) is 12.2. The van der Waals surface area contributed by atoms with Crippen LogP contribution in [0.2, 0.25) is 0 Å². The molecule has 3 aromatic rings. The third-order valence-electron chi connectivity index (χ3n) is 5.97. The normalized spacial score (nSPS) is 13.2. The number of ether oxygens (including phenoxy) is 1. The van der Waals surface area contributed by atoms with Gasteiger partial charge in [-0.05, 0) is 54.2 Å². The number of ketones is 1. The third kappa shape index (κ3) is 6.64. The van der Waals surface area contributed by atoms with Gasteiger partial charge in [0.25, 0.3) is 5.66 Å². The van der Waals surface area contributed by atoms with E-state index >= 15 is 0 Å².